The topological polar surface area (TPSA) is 41.6 Å². The van der Waals surface area contributed by atoms with Gasteiger partial charge in [0.2, 0.25) is 0 Å². The molecule has 0 radical (unpaired) electrons. The zero-order valence-electron chi connectivity index (χ0n) is 13.9. The molecule has 128 valence electrons. The molecule has 0 aliphatic carbocycles. The van der Waals surface area contributed by atoms with Gasteiger partial charge in [0.05, 0.1) is 21.8 Å². The molecule has 6 heteroatoms. The van der Waals surface area contributed by atoms with Gasteiger partial charge in [-0.25, -0.2) is 4.79 Å². The maximum atomic E-state index is 12.4. The van der Waals surface area contributed by atoms with Crippen LogP contribution in [0.5, 0.6) is 0 Å². The summed E-state index contributed by atoms with van der Waals surface area (Å²) in [5.74, 6) is 0. The minimum absolute atomic E-state index is 0.0749. The minimum Gasteiger partial charge on any atom is -0.444 e. The lowest BCUT2D eigenvalue weighted by molar-refractivity contribution is 0.0114. The Morgan fingerprint density at radius 2 is 1.96 bits per heavy atom. The summed E-state index contributed by atoms with van der Waals surface area (Å²) in [5.41, 5.74) is 0.226. The molecule has 1 atom stereocenters. The van der Waals surface area contributed by atoms with Gasteiger partial charge in [-0.2, -0.15) is 0 Å². The van der Waals surface area contributed by atoms with E-state index >= 15 is 0 Å². The highest BCUT2D eigenvalue weighted by Crippen LogP contribution is 2.30. The van der Waals surface area contributed by atoms with E-state index in [1.807, 2.05) is 31.7 Å². The number of piperidine rings is 1. The smallest absolute Gasteiger partial charge is 0.410 e. The fourth-order valence-electron chi connectivity index (χ4n) is 2.66. The number of ether oxygens (including phenoxy) is 1. The summed E-state index contributed by atoms with van der Waals surface area (Å²) < 4.78 is 5.51. The van der Waals surface area contributed by atoms with Crippen molar-refractivity contribution in [1.82, 2.24) is 4.90 Å². The third-order valence-electron chi connectivity index (χ3n) is 3.73. The van der Waals surface area contributed by atoms with Crippen LogP contribution < -0.4 is 5.32 Å². The Labute approximate surface area is 148 Å². The third kappa shape index (κ3) is 5.18. The molecule has 23 heavy (non-hydrogen) atoms. The largest absolute Gasteiger partial charge is 0.444 e. The highest BCUT2D eigenvalue weighted by Gasteiger charge is 2.30. The minimum atomic E-state index is -0.488. The van der Waals surface area contributed by atoms with Crippen LogP contribution in [-0.2, 0) is 4.74 Å². The maximum Gasteiger partial charge on any atom is 0.410 e. The summed E-state index contributed by atoms with van der Waals surface area (Å²) in [6, 6.07) is 5.47. The predicted octanol–water partition coefficient (Wildman–Crippen LogP) is 5.19. The van der Waals surface area contributed by atoms with Crippen molar-refractivity contribution >= 4 is 35.0 Å². The van der Waals surface area contributed by atoms with Crippen LogP contribution in [0.3, 0.4) is 0 Å². The van der Waals surface area contributed by atoms with Crippen molar-refractivity contribution in [2.24, 2.45) is 0 Å². The standard InChI is InChI=1S/C17H24Cl2N2O2/c1-17(2,3)23-16(22)21-10-5-4-7-12(21)11-20-15-13(18)8-6-9-14(15)19/h6,8-9,12,20H,4-5,7,10-11H2,1-3H3. The van der Waals surface area contributed by atoms with Gasteiger partial charge in [-0.3, -0.25) is 0 Å². The van der Waals surface area contributed by atoms with E-state index in [4.69, 9.17) is 27.9 Å². The summed E-state index contributed by atoms with van der Waals surface area (Å²) in [4.78, 5) is 14.2. The molecule has 1 fully saturated rings. The first-order valence-electron chi connectivity index (χ1n) is 7.95. The maximum absolute atomic E-state index is 12.4. The second kappa shape index (κ2) is 7.63. The van der Waals surface area contributed by atoms with Crippen molar-refractivity contribution in [3.63, 3.8) is 0 Å². The van der Waals surface area contributed by atoms with Crippen molar-refractivity contribution in [3.8, 4) is 0 Å². The molecule has 4 nitrogen and oxygen atoms in total. The fraction of sp³-hybridized carbons (Fsp3) is 0.588. The van der Waals surface area contributed by atoms with E-state index in [0.717, 1.165) is 25.8 Å². The molecule has 1 amide bonds. The first kappa shape index (κ1) is 18.2. The average Bonchev–Trinajstić information content (AvgIpc) is 2.45. The lowest BCUT2D eigenvalue weighted by atomic mass is 10.0. The van der Waals surface area contributed by atoms with Crippen molar-refractivity contribution in [3.05, 3.63) is 28.2 Å². The van der Waals surface area contributed by atoms with Gasteiger partial charge in [0.1, 0.15) is 5.60 Å². The molecule has 1 aliphatic heterocycles. The number of hydrogen-bond donors (Lipinski definition) is 1. The van der Waals surface area contributed by atoms with Crippen molar-refractivity contribution < 1.29 is 9.53 Å². The Hall–Kier alpha value is -1.13. The van der Waals surface area contributed by atoms with E-state index in [1.165, 1.54) is 0 Å². The number of anilines is 1. The zero-order chi connectivity index (χ0) is 17.0. The highest BCUT2D eigenvalue weighted by atomic mass is 35.5. The number of para-hydroxylation sites is 1. The van der Waals surface area contributed by atoms with Gasteiger partial charge in [0.25, 0.3) is 0 Å². The number of rotatable bonds is 3. The van der Waals surface area contributed by atoms with Crippen molar-refractivity contribution in [1.29, 1.82) is 0 Å². The number of amides is 1. The summed E-state index contributed by atoms with van der Waals surface area (Å²) >= 11 is 12.4. The number of benzene rings is 1. The second-order valence-electron chi connectivity index (χ2n) is 6.80. The van der Waals surface area contributed by atoms with E-state index in [0.29, 0.717) is 22.3 Å². The molecule has 1 aliphatic rings. The van der Waals surface area contributed by atoms with E-state index in [2.05, 4.69) is 5.32 Å². The van der Waals surface area contributed by atoms with Crippen LogP contribution in [0, 0.1) is 0 Å². The summed E-state index contributed by atoms with van der Waals surface area (Å²) in [5, 5.41) is 4.45. The van der Waals surface area contributed by atoms with E-state index in [9.17, 15) is 4.79 Å². The molecule has 1 unspecified atom stereocenters. The lowest BCUT2D eigenvalue weighted by Gasteiger charge is -2.37. The molecule has 1 heterocycles. The summed E-state index contributed by atoms with van der Waals surface area (Å²) in [7, 11) is 0. The number of likely N-dealkylation sites (tertiary alicyclic amines) is 1. The highest BCUT2D eigenvalue weighted by molar-refractivity contribution is 6.39. The predicted molar refractivity (Wildman–Crippen MR) is 95.5 cm³/mol. The molecule has 1 saturated heterocycles. The number of carbonyl (C=O) groups is 1. The normalized spacial score (nSPS) is 18.7. The van der Waals surface area contributed by atoms with E-state index in [1.54, 1.807) is 12.1 Å². The average molecular weight is 359 g/mol. The van der Waals surface area contributed by atoms with Gasteiger partial charge in [-0.15, -0.1) is 0 Å². The molecule has 0 saturated carbocycles. The van der Waals surface area contributed by atoms with Crippen LogP contribution in [0.2, 0.25) is 10.0 Å². The number of carbonyl (C=O) groups excluding carboxylic acids is 1. The van der Waals surface area contributed by atoms with Crippen molar-refractivity contribution in [2.75, 3.05) is 18.4 Å². The second-order valence-corrected chi connectivity index (χ2v) is 7.62. The number of halogens is 2. The number of nitrogens with one attached hydrogen (secondary N) is 1. The van der Waals surface area contributed by atoms with Gasteiger partial charge < -0.3 is 15.0 Å². The quantitative estimate of drug-likeness (QED) is 0.807. The van der Waals surface area contributed by atoms with Crippen LogP contribution in [0.4, 0.5) is 10.5 Å². The van der Waals surface area contributed by atoms with Crippen LogP contribution in [0.15, 0.2) is 18.2 Å². The van der Waals surface area contributed by atoms with E-state index in [-0.39, 0.29) is 12.1 Å². The van der Waals surface area contributed by atoms with Crippen LogP contribution in [0.25, 0.3) is 0 Å². The van der Waals surface area contributed by atoms with Gasteiger partial charge >= 0.3 is 6.09 Å². The Morgan fingerprint density at radius 3 is 2.57 bits per heavy atom. The SMILES string of the molecule is CC(C)(C)OC(=O)N1CCCCC1CNc1c(Cl)cccc1Cl. The third-order valence-corrected chi connectivity index (χ3v) is 4.36. The molecule has 1 aromatic carbocycles. The van der Waals surface area contributed by atoms with Crippen LogP contribution in [-0.4, -0.2) is 35.7 Å². The van der Waals surface area contributed by atoms with E-state index < -0.39 is 5.60 Å². The molecule has 0 aromatic heterocycles. The molecular weight excluding hydrogens is 335 g/mol. The first-order chi connectivity index (χ1) is 10.8. The Kier molecular flexibility index (Phi) is 6.04. The molecular formula is C17H24Cl2N2O2. The zero-order valence-corrected chi connectivity index (χ0v) is 15.4. The molecule has 0 spiro atoms. The lowest BCUT2D eigenvalue weighted by Crippen LogP contribution is -2.48. The summed E-state index contributed by atoms with van der Waals surface area (Å²) in [6.07, 6.45) is 2.79. The Bertz CT molecular complexity index is 538. The fourth-order valence-corrected chi connectivity index (χ4v) is 3.19. The molecule has 0 bridgehead atoms. The monoisotopic (exact) mass is 358 g/mol. The Morgan fingerprint density at radius 1 is 1.30 bits per heavy atom. The van der Waals surface area contributed by atoms with Gasteiger partial charge in [0.15, 0.2) is 0 Å². The number of hydrogen-bond acceptors (Lipinski definition) is 3. The molecule has 1 N–H and O–H groups in total. The van der Waals surface area contributed by atoms with Crippen molar-refractivity contribution in [2.45, 2.75) is 51.7 Å². The van der Waals surface area contributed by atoms with Gasteiger partial charge in [0, 0.05) is 13.1 Å². The molecule has 1 aromatic rings. The number of nitrogens with zero attached hydrogens (tertiary/aromatic N) is 1. The van der Waals surface area contributed by atoms with Gasteiger partial charge in [-0.05, 0) is 52.2 Å². The van der Waals surface area contributed by atoms with Crippen LogP contribution >= 0.6 is 23.2 Å². The Balaban J connectivity index is 2.03. The summed E-state index contributed by atoms with van der Waals surface area (Å²) in [6.45, 7) is 6.96. The molecule has 2 rings (SSSR count). The van der Waals surface area contributed by atoms with Crippen LogP contribution in [0.1, 0.15) is 40.0 Å². The van der Waals surface area contributed by atoms with Gasteiger partial charge in [-0.1, -0.05) is 29.3 Å². The first-order valence-corrected chi connectivity index (χ1v) is 8.71.